The van der Waals surface area contributed by atoms with Crippen molar-refractivity contribution in [3.63, 3.8) is 0 Å². The van der Waals surface area contributed by atoms with Gasteiger partial charge in [0.25, 0.3) is 0 Å². The molecule has 0 radical (unpaired) electrons. The van der Waals surface area contributed by atoms with E-state index in [1.807, 2.05) is 29.3 Å². The molecule has 1 aromatic heterocycles. The van der Waals surface area contributed by atoms with Gasteiger partial charge in [0.15, 0.2) is 5.75 Å². The lowest BCUT2D eigenvalue weighted by Crippen LogP contribution is -2.37. The molecule has 6 nitrogen and oxygen atoms in total. The van der Waals surface area contributed by atoms with E-state index in [0.29, 0.717) is 6.61 Å². The van der Waals surface area contributed by atoms with Crippen LogP contribution >= 0.6 is 0 Å². The van der Waals surface area contributed by atoms with Gasteiger partial charge in [-0.2, -0.15) is 0 Å². The molecule has 0 spiro atoms. The van der Waals surface area contributed by atoms with E-state index in [9.17, 15) is 4.79 Å². The quantitative estimate of drug-likeness (QED) is 0.482. The summed E-state index contributed by atoms with van der Waals surface area (Å²) in [6, 6.07) is 16.5. The topological polar surface area (TPSA) is 54.9 Å². The Kier molecular flexibility index (Phi) is 6.72. The Hall–Kier alpha value is -3.12. The summed E-state index contributed by atoms with van der Waals surface area (Å²) in [5.74, 6) is 1.71. The number of carbonyl (C=O) groups is 1. The molecule has 3 heterocycles. The van der Waals surface area contributed by atoms with E-state index in [4.69, 9.17) is 9.47 Å². The molecule has 6 heteroatoms. The predicted molar refractivity (Wildman–Crippen MR) is 130 cm³/mol. The average molecular weight is 446 g/mol. The largest absolute Gasteiger partial charge is 0.490 e. The number of aromatic nitrogens is 1. The van der Waals surface area contributed by atoms with Gasteiger partial charge in [-0.25, -0.2) is 0 Å². The Bertz CT molecular complexity index is 1070. The lowest BCUT2D eigenvalue weighted by molar-refractivity contribution is -0.119. The molecule has 0 unspecified atom stereocenters. The minimum Gasteiger partial charge on any atom is -0.490 e. The van der Waals surface area contributed by atoms with Crippen molar-refractivity contribution < 1.29 is 14.3 Å². The second kappa shape index (κ2) is 10.2. The maximum Gasteiger partial charge on any atom is 0.209 e. The summed E-state index contributed by atoms with van der Waals surface area (Å²) in [4.78, 5) is 19.8. The van der Waals surface area contributed by atoms with Gasteiger partial charge in [0.2, 0.25) is 6.41 Å². The highest BCUT2D eigenvalue weighted by molar-refractivity contribution is 5.92. The fraction of sp³-hybridized carbons (Fsp3) is 0.407. The molecule has 3 aromatic rings. The molecule has 0 aliphatic carbocycles. The number of ether oxygens (including phenoxy) is 2. The summed E-state index contributed by atoms with van der Waals surface area (Å²) in [5.41, 5.74) is 3.04. The third kappa shape index (κ3) is 5.11. The molecule has 2 aliphatic heterocycles. The van der Waals surface area contributed by atoms with Crippen LogP contribution in [0.5, 0.6) is 11.5 Å². The minimum absolute atomic E-state index is 0.154. The normalized spacial score (nSPS) is 17.4. The number of hydrogen-bond acceptors (Lipinski definition) is 5. The Balaban J connectivity index is 1.33. The van der Waals surface area contributed by atoms with Crippen molar-refractivity contribution in [2.45, 2.75) is 31.8 Å². The Labute approximate surface area is 195 Å². The first-order valence-electron chi connectivity index (χ1n) is 12.0. The van der Waals surface area contributed by atoms with Gasteiger partial charge in [0.05, 0.1) is 0 Å². The number of fused-ring (bicyclic) bond motifs is 1. The van der Waals surface area contributed by atoms with Crippen molar-refractivity contribution in [3.05, 3.63) is 54.7 Å². The number of hydrogen-bond donors (Lipinski definition) is 0. The first-order valence-corrected chi connectivity index (χ1v) is 12.0. The third-order valence-corrected chi connectivity index (χ3v) is 6.67. The Morgan fingerprint density at radius 2 is 1.76 bits per heavy atom. The second-order valence-corrected chi connectivity index (χ2v) is 8.90. The number of amides is 1. The van der Waals surface area contributed by atoms with Gasteiger partial charge in [-0.15, -0.1) is 0 Å². The SMILES string of the molecule is O=CN1CCC(Oc2ccc(-c3ccc4cccnc4c3OCCN3CCCC3)cc2)CC1. The molecule has 2 aromatic carbocycles. The summed E-state index contributed by atoms with van der Waals surface area (Å²) in [6.07, 6.45) is 7.21. The van der Waals surface area contributed by atoms with Crippen molar-refractivity contribution in [1.29, 1.82) is 0 Å². The zero-order valence-electron chi connectivity index (χ0n) is 19.0. The minimum atomic E-state index is 0.154. The van der Waals surface area contributed by atoms with Gasteiger partial charge in [0, 0.05) is 49.6 Å². The fourth-order valence-electron chi connectivity index (χ4n) is 4.78. The highest BCUT2D eigenvalue weighted by Crippen LogP contribution is 2.36. The van der Waals surface area contributed by atoms with E-state index in [1.165, 1.54) is 25.9 Å². The van der Waals surface area contributed by atoms with E-state index in [1.54, 1.807) is 0 Å². The lowest BCUT2D eigenvalue weighted by Gasteiger charge is -2.29. The molecule has 0 saturated carbocycles. The molecular formula is C27H31N3O3. The Morgan fingerprint density at radius 1 is 0.970 bits per heavy atom. The molecule has 172 valence electrons. The predicted octanol–water partition coefficient (Wildman–Crippen LogP) is 4.38. The number of piperidine rings is 1. The van der Waals surface area contributed by atoms with E-state index >= 15 is 0 Å². The van der Waals surface area contributed by atoms with Crippen LogP contribution in [-0.2, 0) is 4.79 Å². The molecular weight excluding hydrogens is 414 g/mol. The smallest absolute Gasteiger partial charge is 0.209 e. The second-order valence-electron chi connectivity index (χ2n) is 8.90. The Morgan fingerprint density at radius 3 is 2.52 bits per heavy atom. The zero-order chi connectivity index (χ0) is 22.5. The van der Waals surface area contributed by atoms with Crippen LogP contribution in [0.15, 0.2) is 54.7 Å². The van der Waals surface area contributed by atoms with Crippen molar-refractivity contribution in [2.24, 2.45) is 0 Å². The number of nitrogens with zero attached hydrogens (tertiary/aromatic N) is 3. The highest BCUT2D eigenvalue weighted by atomic mass is 16.5. The van der Waals surface area contributed by atoms with Crippen LogP contribution in [-0.4, -0.2) is 66.6 Å². The molecule has 0 bridgehead atoms. The third-order valence-electron chi connectivity index (χ3n) is 6.67. The first kappa shape index (κ1) is 21.7. The average Bonchev–Trinajstić information content (AvgIpc) is 3.39. The molecule has 1 amide bonds. The van der Waals surface area contributed by atoms with Crippen LogP contribution in [0.4, 0.5) is 0 Å². The van der Waals surface area contributed by atoms with Crippen molar-refractivity contribution in [1.82, 2.24) is 14.8 Å². The zero-order valence-corrected chi connectivity index (χ0v) is 19.0. The van der Waals surface area contributed by atoms with Crippen molar-refractivity contribution in [2.75, 3.05) is 39.3 Å². The maximum atomic E-state index is 10.9. The molecule has 0 atom stereocenters. The summed E-state index contributed by atoms with van der Waals surface area (Å²) < 4.78 is 12.5. The van der Waals surface area contributed by atoms with Crippen LogP contribution in [0.25, 0.3) is 22.0 Å². The van der Waals surface area contributed by atoms with Gasteiger partial charge < -0.3 is 14.4 Å². The lowest BCUT2D eigenvalue weighted by atomic mass is 10.0. The molecule has 2 saturated heterocycles. The molecule has 33 heavy (non-hydrogen) atoms. The van der Waals surface area contributed by atoms with Crippen LogP contribution in [0, 0.1) is 0 Å². The van der Waals surface area contributed by atoms with Crippen molar-refractivity contribution in [3.8, 4) is 22.6 Å². The van der Waals surface area contributed by atoms with Crippen LogP contribution in [0.2, 0.25) is 0 Å². The first-order chi connectivity index (χ1) is 16.3. The van der Waals surface area contributed by atoms with E-state index in [0.717, 1.165) is 72.4 Å². The maximum absolute atomic E-state index is 10.9. The van der Waals surface area contributed by atoms with Gasteiger partial charge in [-0.05, 0) is 55.8 Å². The van der Waals surface area contributed by atoms with Crippen LogP contribution in [0.1, 0.15) is 25.7 Å². The summed E-state index contributed by atoms with van der Waals surface area (Å²) in [5, 5.41) is 1.08. The number of pyridine rings is 1. The molecule has 2 fully saturated rings. The van der Waals surface area contributed by atoms with E-state index in [2.05, 4.69) is 40.2 Å². The van der Waals surface area contributed by atoms with Gasteiger partial charge in [-0.3, -0.25) is 14.7 Å². The van der Waals surface area contributed by atoms with Gasteiger partial charge >= 0.3 is 0 Å². The van der Waals surface area contributed by atoms with Gasteiger partial charge in [0.1, 0.15) is 24.0 Å². The van der Waals surface area contributed by atoms with Crippen LogP contribution < -0.4 is 9.47 Å². The number of benzene rings is 2. The number of rotatable bonds is 8. The van der Waals surface area contributed by atoms with Crippen molar-refractivity contribution >= 4 is 17.3 Å². The van der Waals surface area contributed by atoms with E-state index in [-0.39, 0.29) is 6.10 Å². The summed E-state index contributed by atoms with van der Waals surface area (Å²) in [6.45, 7) is 5.45. The highest BCUT2D eigenvalue weighted by Gasteiger charge is 2.20. The van der Waals surface area contributed by atoms with E-state index < -0.39 is 0 Å². The monoisotopic (exact) mass is 445 g/mol. The molecule has 5 rings (SSSR count). The fourth-order valence-corrected chi connectivity index (χ4v) is 4.78. The number of carbonyl (C=O) groups excluding carboxylic acids is 1. The molecule has 0 N–H and O–H groups in total. The summed E-state index contributed by atoms with van der Waals surface area (Å²) in [7, 11) is 0. The standard InChI is InChI=1S/C27H31N3O3/c31-20-30-16-11-24(12-17-30)33-23-8-5-21(6-9-23)25-10-7-22-4-3-13-28-26(22)27(25)32-19-18-29-14-1-2-15-29/h3-10,13,20,24H,1-2,11-12,14-19H2. The molecule has 2 aliphatic rings. The van der Waals surface area contributed by atoms with Crippen LogP contribution in [0.3, 0.4) is 0 Å². The number of likely N-dealkylation sites (tertiary alicyclic amines) is 2. The summed E-state index contributed by atoms with van der Waals surface area (Å²) >= 11 is 0. The van der Waals surface area contributed by atoms with Gasteiger partial charge in [-0.1, -0.05) is 24.3 Å².